The fourth-order valence-corrected chi connectivity index (χ4v) is 2.54. The SMILES string of the molecule is CCCNC(c1cccc(F)c1)c1cccc(Cl)c1Cl. The topological polar surface area (TPSA) is 12.0 Å². The highest BCUT2D eigenvalue weighted by Crippen LogP contribution is 2.33. The highest BCUT2D eigenvalue weighted by molar-refractivity contribution is 6.42. The highest BCUT2D eigenvalue weighted by Gasteiger charge is 2.18. The summed E-state index contributed by atoms with van der Waals surface area (Å²) in [6.45, 7) is 2.89. The molecule has 20 heavy (non-hydrogen) atoms. The van der Waals surface area contributed by atoms with E-state index in [4.69, 9.17) is 23.2 Å². The first-order valence-corrected chi connectivity index (χ1v) is 7.31. The maximum atomic E-state index is 13.5. The minimum Gasteiger partial charge on any atom is -0.306 e. The van der Waals surface area contributed by atoms with Gasteiger partial charge in [-0.15, -0.1) is 0 Å². The van der Waals surface area contributed by atoms with E-state index in [9.17, 15) is 4.39 Å². The third kappa shape index (κ3) is 3.51. The van der Waals surface area contributed by atoms with E-state index in [1.54, 1.807) is 12.1 Å². The highest BCUT2D eigenvalue weighted by atomic mass is 35.5. The van der Waals surface area contributed by atoms with E-state index in [0.717, 1.165) is 24.1 Å². The van der Waals surface area contributed by atoms with E-state index >= 15 is 0 Å². The van der Waals surface area contributed by atoms with Gasteiger partial charge in [-0.3, -0.25) is 0 Å². The first kappa shape index (κ1) is 15.3. The molecule has 0 radical (unpaired) electrons. The average molecular weight is 312 g/mol. The van der Waals surface area contributed by atoms with Crippen molar-refractivity contribution < 1.29 is 4.39 Å². The molecule has 0 saturated heterocycles. The Morgan fingerprint density at radius 3 is 2.60 bits per heavy atom. The number of nitrogens with one attached hydrogen (secondary N) is 1. The maximum Gasteiger partial charge on any atom is 0.123 e. The van der Waals surface area contributed by atoms with Crippen molar-refractivity contribution in [3.8, 4) is 0 Å². The Hall–Kier alpha value is -1.09. The molecule has 0 heterocycles. The molecule has 0 bridgehead atoms. The van der Waals surface area contributed by atoms with Crippen molar-refractivity contribution in [2.24, 2.45) is 0 Å². The number of hydrogen-bond acceptors (Lipinski definition) is 1. The molecule has 1 nitrogen and oxygen atoms in total. The smallest absolute Gasteiger partial charge is 0.123 e. The van der Waals surface area contributed by atoms with E-state index in [2.05, 4.69) is 12.2 Å². The second kappa shape index (κ2) is 7.07. The van der Waals surface area contributed by atoms with E-state index in [-0.39, 0.29) is 11.9 Å². The molecular weight excluding hydrogens is 296 g/mol. The van der Waals surface area contributed by atoms with Crippen molar-refractivity contribution in [1.82, 2.24) is 5.32 Å². The summed E-state index contributed by atoms with van der Waals surface area (Å²) in [5, 5.41) is 4.40. The van der Waals surface area contributed by atoms with Gasteiger partial charge in [0.1, 0.15) is 5.82 Å². The van der Waals surface area contributed by atoms with E-state index in [1.165, 1.54) is 12.1 Å². The lowest BCUT2D eigenvalue weighted by Crippen LogP contribution is -2.23. The van der Waals surface area contributed by atoms with Crippen LogP contribution in [0.4, 0.5) is 4.39 Å². The molecule has 0 aromatic heterocycles. The molecule has 0 amide bonds. The monoisotopic (exact) mass is 311 g/mol. The van der Waals surface area contributed by atoms with Crippen LogP contribution < -0.4 is 5.32 Å². The Kier molecular flexibility index (Phi) is 5.41. The number of hydrogen-bond donors (Lipinski definition) is 1. The van der Waals surface area contributed by atoms with Gasteiger partial charge in [-0.05, 0) is 42.3 Å². The van der Waals surface area contributed by atoms with Crippen LogP contribution in [0.5, 0.6) is 0 Å². The van der Waals surface area contributed by atoms with Crippen LogP contribution in [-0.2, 0) is 0 Å². The lowest BCUT2D eigenvalue weighted by molar-refractivity contribution is 0.585. The summed E-state index contributed by atoms with van der Waals surface area (Å²) >= 11 is 12.4. The molecule has 1 N–H and O–H groups in total. The van der Waals surface area contributed by atoms with Crippen molar-refractivity contribution in [3.05, 3.63) is 69.5 Å². The Labute approximate surface area is 128 Å². The zero-order valence-electron chi connectivity index (χ0n) is 11.2. The Bertz CT molecular complexity index is 586. The molecule has 0 saturated carbocycles. The predicted molar refractivity (Wildman–Crippen MR) is 83.0 cm³/mol. The summed E-state index contributed by atoms with van der Waals surface area (Å²) in [5.41, 5.74) is 1.70. The van der Waals surface area contributed by atoms with Gasteiger partial charge < -0.3 is 5.32 Å². The van der Waals surface area contributed by atoms with Crippen LogP contribution in [0.15, 0.2) is 42.5 Å². The fourth-order valence-electron chi connectivity index (χ4n) is 2.13. The van der Waals surface area contributed by atoms with Crippen LogP contribution in [0.25, 0.3) is 0 Å². The summed E-state index contributed by atoms with van der Waals surface area (Å²) < 4.78 is 13.5. The van der Waals surface area contributed by atoms with E-state index < -0.39 is 0 Å². The van der Waals surface area contributed by atoms with Gasteiger partial charge in [0.05, 0.1) is 16.1 Å². The molecule has 4 heteroatoms. The van der Waals surface area contributed by atoms with Gasteiger partial charge in [-0.1, -0.05) is 54.4 Å². The van der Waals surface area contributed by atoms with Crippen molar-refractivity contribution in [2.75, 3.05) is 6.54 Å². The van der Waals surface area contributed by atoms with E-state index in [1.807, 2.05) is 18.2 Å². The molecule has 2 aromatic rings. The van der Waals surface area contributed by atoms with Crippen LogP contribution in [0, 0.1) is 5.82 Å². The molecule has 1 atom stereocenters. The van der Waals surface area contributed by atoms with Gasteiger partial charge in [-0.2, -0.15) is 0 Å². The maximum absolute atomic E-state index is 13.5. The molecular formula is C16H16Cl2FN. The molecule has 0 aliphatic heterocycles. The number of rotatable bonds is 5. The quantitative estimate of drug-likeness (QED) is 0.798. The third-order valence-corrected chi connectivity index (χ3v) is 3.91. The molecule has 2 rings (SSSR count). The summed E-state index contributed by atoms with van der Waals surface area (Å²) in [6.07, 6.45) is 0.976. The zero-order chi connectivity index (χ0) is 14.5. The molecule has 0 aliphatic carbocycles. The number of halogens is 3. The molecule has 0 spiro atoms. The van der Waals surface area contributed by atoms with Crippen molar-refractivity contribution in [1.29, 1.82) is 0 Å². The predicted octanol–water partition coefficient (Wildman–Crippen LogP) is 5.22. The van der Waals surface area contributed by atoms with Crippen molar-refractivity contribution >= 4 is 23.2 Å². The minimum atomic E-state index is -0.260. The first-order chi connectivity index (χ1) is 9.63. The number of benzene rings is 2. The fraction of sp³-hybridized carbons (Fsp3) is 0.250. The second-order valence-corrected chi connectivity index (χ2v) is 5.37. The van der Waals surface area contributed by atoms with Crippen LogP contribution in [-0.4, -0.2) is 6.54 Å². The third-order valence-electron chi connectivity index (χ3n) is 3.07. The summed E-state index contributed by atoms with van der Waals surface area (Å²) in [7, 11) is 0. The zero-order valence-corrected chi connectivity index (χ0v) is 12.7. The van der Waals surface area contributed by atoms with Crippen LogP contribution in [0.3, 0.4) is 0 Å². The van der Waals surface area contributed by atoms with Crippen molar-refractivity contribution in [3.63, 3.8) is 0 Å². The van der Waals surface area contributed by atoms with E-state index in [0.29, 0.717) is 10.0 Å². The lowest BCUT2D eigenvalue weighted by Gasteiger charge is -2.21. The lowest BCUT2D eigenvalue weighted by atomic mass is 9.98. The van der Waals surface area contributed by atoms with Crippen LogP contribution in [0.1, 0.15) is 30.5 Å². The summed E-state index contributed by atoms with van der Waals surface area (Å²) in [6, 6.07) is 11.9. The first-order valence-electron chi connectivity index (χ1n) is 6.56. The van der Waals surface area contributed by atoms with Gasteiger partial charge in [0.25, 0.3) is 0 Å². The van der Waals surface area contributed by atoms with Gasteiger partial charge in [-0.25, -0.2) is 4.39 Å². The van der Waals surface area contributed by atoms with Gasteiger partial charge in [0.15, 0.2) is 0 Å². The standard InChI is InChI=1S/C16H16Cl2FN/c1-2-9-20-16(11-5-3-6-12(19)10-11)13-7-4-8-14(17)15(13)18/h3-8,10,16,20H,2,9H2,1H3. The second-order valence-electron chi connectivity index (χ2n) is 4.59. The summed E-state index contributed by atoms with van der Waals surface area (Å²) in [4.78, 5) is 0. The Morgan fingerprint density at radius 1 is 1.15 bits per heavy atom. The van der Waals surface area contributed by atoms with Crippen LogP contribution >= 0.6 is 23.2 Å². The van der Waals surface area contributed by atoms with Gasteiger partial charge in [0, 0.05) is 0 Å². The van der Waals surface area contributed by atoms with Gasteiger partial charge in [0.2, 0.25) is 0 Å². The normalized spacial score (nSPS) is 12.4. The molecule has 1 unspecified atom stereocenters. The molecule has 106 valence electrons. The van der Waals surface area contributed by atoms with Crippen LogP contribution in [0.2, 0.25) is 10.0 Å². The Morgan fingerprint density at radius 2 is 1.90 bits per heavy atom. The Balaban J connectivity index is 2.44. The molecule has 0 aliphatic rings. The molecule has 2 aromatic carbocycles. The largest absolute Gasteiger partial charge is 0.306 e. The average Bonchev–Trinajstić information content (AvgIpc) is 2.44. The molecule has 0 fully saturated rings. The summed E-state index contributed by atoms with van der Waals surface area (Å²) in [5.74, 6) is -0.260. The minimum absolute atomic E-state index is 0.170. The van der Waals surface area contributed by atoms with Crippen molar-refractivity contribution in [2.45, 2.75) is 19.4 Å². The van der Waals surface area contributed by atoms with Gasteiger partial charge >= 0.3 is 0 Å².